The van der Waals surface area contributed by atoms with Gasteiger partial charge in [0, 0.05) is 31.6 Å². The molecule has 1 rings (SSSR count). The Kier molecular flexibility index (Phi) is 6.52. The second kappa shape index (κ2) is 7.67. The van der Waals surface area contributed by atoms with Gasteiger partial charge in [0.15, 0.2) is 0 Å². The van der Waals surface area contributed by atoms with E-state index in [1.165, 1.54) is 12.8 Å². The highest BCUT2D eigenvalue weighted by Gasteiger charge is 2.17. The van der Waals surface area contributed by atoms with Gasteiger partial charge in [0.25, 0.3) is 0 Å². The summed E-state index contributed by atoms with van der Waals surface area (Å²) in [6, 6.07) is 0.872. The van der Waals surface area contributed by atoms with Crippen molar-refractivity contribution in [3.63, 3.8) is 0 Å². The molecule has 0 aromatic heterocycles. The van der Waals surface area contributed by atoms with Gasteiger partial charge < -0.3 is 15.5 Å². The maximum absolute atomic E-state index is 11.6. The lowest BCUT2D eigenvalue weighted by molar-refractivity contribution is -0.121. The van der Waals surface area contributed by atoms with Crippen LogP contribution in [0, 0.1) is 0 Å². The van der Waals surface area contributed by atoms with Gasteiger partial charge in [-0.05, 0) is 39.8 Å². The van der Waals surface area contributed by atoms with Gasteiger partial charge in [0.05, 0.1) is 0 Å². The zero-order valence-corrected chi connectivity index (χ0v) is 11.5. The van der Waals surface area contributed by atoms with Crippen LogP contribution in [0.3, 0.4) is 0 Å². The number of amides is 1. The first-order chi connectivity index (χ1) is 8.11. The van der Waals surface area contributed by atoms with Crippen molar-refractivity contribution in [2.45, 2.75) is 52.1 Å². The number of carbonyl (C=O) groups excluding carboxylic acids is 1. The molecule has 1 amide bonds. The lowest BCUT2D eigenvalue weighted by Crippen LogP contribution is -2.40. The van der Waals surface area contributed by atoms with E-state index < -0.39 is 0 Å². The normalized spacial score (nSPS) is 20.2. The molecule has 4 nitrogen and oxygen atoms in total. The molecule has 1 fully saturated rings. The van der Waals surface area contributed by atoms with Gasteiger partial charge >= 0.3 is 0 Å². The van der Waals surface area contributed by atoms with Crippen molar-refractivity contribution in [3.05, 3.63) is 0 Å². The Morgan fingerprint density at radius 3 is 2.82 bits per heavy atom. The highest BCUT2D eigenvalue weighted by Crippen LogP contribution is 2.07. The minimum atomic E-state index is 0.165. The predicted octanol–water partition coefficient (Wildman–Crippen LogP) is 0.975. The van der Waals surface area contributed by atoms with Crippen molar-refractivity contribution in [3.8, 4) is 0 Å². The van der Waals surface area contributed by atoms with Crippen molar-refractivity contribution in [2.75, 3.05) is 26.2 Å². The van der Waals surface area contributed by atoms with E-state index in [0.717, 1.165) is 26.2 Å². The summed E-state index contributed by atoms with van der Waals surface area (Å²) < 4.78 is 0. The Morgan fingerprint density at radius 2 is 2.29 bits per heavy atom. The van der Waals surface area contributed by atoms with E-state index in [9.17, 15) is 4.79 Å². The lowest BCUT2D eigenvalue weighted by Gasteiger charge is -2.24. The molecule has 1 aliphatic heterocycles. The molecule has 100 valence electrons. The summed E-state index contributed by atoms with van der Waals surface area (Å²) >= 11 is 0. The summed E-state index contributed by atoms with van der Waals surface area (Å²) in [7, 11) is 0. The standard InChI is InChI=1S/C13H27N3O/c1-4-16(10-12-6-5-8-14-12)9-7-13(17)15-11(2)3/h11-12,14H,4-10H2,1-3H3,(H,15,17). The van der Waals surface area contributed by atoms with E-state index in [0.29, 0.717) is 12.5 Å². The van der Waals surface area contributed by atoms with Gasteiger partial charge in [-0.15, -0.1) is 0 Å². The van der Waals surface area contributed by atoms with Crippen molar-refractivity contribution in [1.82, 2.24) is 15.5 Å². The monoisotopic (exact) mass is 241 g/mol. The Balaban J connectivity index is 2.19. The minimum Gasteiger partial charge on any atom is -0.354 e. The van der Waals surface area contributed by atoms with Gasteiger partial charge in [-0.2, -0.15) is 0 Å². The average molecular weight is 241 g/mol. The maximum atomic E-state index is 11.6. The predicted molar refractivity (Wildman–Crippen MR) is 71.0 cm³/mol. The number of nitrogens with zero attached hydrogens (tertiary/aromatic N) is 1. The number of carbonyl (C=O) groups is 1. The van der Waals surface area contributed by atoms with Crippen molar-refractivity contribution < 1.29 is 4.79 Å². The van der Waals surface area contributed by atoms with E-state index in [2.05, 4.69) is 22.5 Å². The molecule has 1 heterocycles. The molecular formula is C13H27N3O. The third-order valence-corrected chi connectivity index (χ3v) is 3.19. The molecule has 0 aliphatic carbocycles. The van der Waals surface area contributed by atoms with E-state index in [4.69, 9.17) is 0 Å². The average Bonchev–Trinajstić information content (AvgIpc) is 2.75. The number of rotatable bonds is 7. The van der Waals surface area contributed by atoms with Gasteiger partial charge in [-0.25, -0.2) is 0 Å². The number of hydrogen-bond donors (Lipinski definition) is 2. The third kappa shape index (κ3) is 6.03. The molecule has 0 aromatic rings. The fourth-order valence-corrected chi connectivity index (χ4v) is 2.26. The van der Waals surface area contributed by atoms with Crippen molar-refractivity contribution in [2.24, 2.45) is 0 Å². The van der Waals surface area contributed by atoms with Crippen LogP contribution in [0.25, 0.3) is 0 Å². The molecule has 0 aromatic carbocycles. The first-order valence-corrected chi connectivity index (χ1v) is 6.87. The molecular weight excluding hydrogens is 214 g/mol. The quantitative estimate of drug-likeness (QED) is 0.698. The summed E-state index contributed by atoms with van der Waals surface area (Å²) in [5.41, 5.74) is 0. The van der Waals surface area contributed by atoms with Crippen LogP contribution >= 0.6 is 0 Å². The second-order valence-electron chi connectivity index (χ2n) is 5.16. The Bertz CT molecular complexity index is 225. The van der Waals surface area contributed by atoms with Crippen molar-refractivity contribution >= 4 is 5.91 Å². The molecule has 0 radical (unpaired) electrons. The van der Waals surface area contributed by atoms with Gasteiger partial charge in [-0.3, -0.25) is 4.79 Å². The van der Waals surface area contributed by atoms with Crippen LogP contribution in [0.2, 0.25) is 0 Å². The van der Waals surface area contributed by atoms with Crippen LogP contribution < -0.4 is 10.6 Å². The first-order valence-electron chi connectivity index (χ1n) is 6.87. The van der Waals surface area contributed by atoms with Crippen LogP contribution in [-0.4, -0.2) is 49.1 Å². The molecule has 2 N–H and O–H groups in total. The van der Waals surface area contributed by atoms with Gasteiger partial charge in [-0.1, -0.05) is 6.92 Å². The van der Waals surface area contributed by atoms with E-state index in [-0.39, 0.29) is 11.9 Å². The largest absolute Gasteiger partial charge is 0.354 e. The summed E-state index contributed by atoms with van der Waals surface area (Å²) in [4.78, 5) is 13.9. The molecule has 1 atom stereocenters. The summed E-state index contributed by atoms with van der Waals surface area (Å²) in [6.45, 7) is 10.3. The summed E-state index contributed by atoms with van der Waals surface area (Å²) in [5.74, 6) is 0.165. The zero-order chi connectivity index (χ0) is 12.7. The highest BCUT2D eigenvalue weighted by atomic mass is 16.1. The Morgan fingerprint density at radius 1 is 1.53 bits per heavy atom. The molecule has 17 heavy (non-hydrogen) atoms. The van der Waals surface area contributed by atoms with Crippen LogP contribution in [0.15, 0.2) is 0 Å². The van der Waals surface area contributed by atoms with Crippen LogP contribution in [0.4, 0.5) is 0 Å². The fourth-order valence-electron chi connectivity index (χ4n) is 2.26. The summed E-state index contributed by atoms with van der Waals surface area (Å²) in [5, 5.41) is 6.43. The summed E-state index contributed by atoms with van der Waals surface area (Å²) in [6.07, 6.45) is 3.17. The molecule has 1 saturated heterocycles. The second-order valence-corrected chi connectivity index (χ2v) is 5.16. The molecule has 1 unspecified atom stereocenters. The number of nitrogens with one attached hydrogen (secondary N) is 2. The van der Waals surface area contributed by atoms with Crippen LogP contribution in [0.1, 0.15) is 40.0 Å². The SMILES string of the molecule is CCN(CCC(=O)NC(C)C)CC1CCCN1. The van der Waals surface area contributed by atoms with E-state index in [1.807, 2.05) is 13.8 Å². The lowest BCUT2D eigenvalue weighted by atomic mass is 10.2. The van der Waals surface area contributed by atoms with Crippen LogP contribution in [-0.2, 0) is 4.79 Å². The first kappa shape index (κ1) is 14.5. The van der Waals surface area contributed by atoms with Crippen molar-refractivity contribution in [1.29, 1.82) is 0 Å². The minimum absolute atomic E-state index is 0.165. The van der Waals surface area contributed by atoms with Crippen LogP contribution in [0.5, 0.6) is 0 Å². The van der Waals surface area contributed by atoms with Gasteiger partial charge in [0.2, 0.25) is 5.91 Å². The van der Waals surface area contributed by atoms with E-state index in [1.54, 1.807) is 0 Å². The van der Waals surface area contributed by atoms with E-state index >= 15 is 0 Å². The number of hydrogen-bond acceptors (Lipinski definition) is 3. The zero-order valence-electron chi connectivity index (χ0n) is 11.5. The molecule has 1 aliphatic rings. The Hall–Kier alpha value is -0.610. The maximum Gasteiger partial charge on any atom is 0.221 e. The molecule has 4 heteroatoms. The highest BCUT2D eigenvalue weighted by molar-refractivity contribution is 5.76. The number of likely N-dealkylation sites (N-methyl/N-ethyl adjacent to an activating group) is 1. The topological polar surface area (TPSA) is 44.4 Å². The molecule has 0 spiro atoms. The molecule has 0 saturated carbocycles. The fraction of sp³-hybridized carbons (Fsp3) is 0.923. The van der Waals surface area contributed by atoms with Gasteiger partial charge in [0.1, 0.15) is 0 Å². The third-order valence-electron chi connectivity index (χ3n) is 3.19. The Labute approximate surface area is 105 Å². The smallest absolute Gasteiger partial charge is 0.221 e. The molecule has 0 bridgehead atoms.